The van der Waals surface area contributed by atoms with Gasteiger partial charge in [-0.25, -0.2) is 4.21 Å². The Labute approximate surface area is 59.9 Å². The maximum absolute atomic E-state index is 10.8. The van der Waals surface area contributed by atoms with Gasteiger partial charge in [0.2, 0.25) is 16.1 Å². The third-order valence-corrected chi connectivity index (χ3v) is 2.05. The molecule has 0 aromatic rings. The van der Waals surface area contributed by atoms with Gasteiger partial charge in [-0.15, -0.1) is 5.11 Å². The smallest absolute Gasteiger partial charge is 0.236 e. The lowest BCUT2D eigenvalue weighted by atomic mass is 10.4. The second-order valence-corrected chi connectivity index (χ2v) is 2.85. The van der Waals surface area contributed by atoms with Gasteiger partial charge in [0.25, 0.3) is 0 Å². The second kappa shape index (κ2) is 2.02. The number of nitrogens with zero attached hydrogens (tertiary/aromatic N) is 2. The molecule has 2 heterocycles. The summed E-state index contributed by atoms with van der Waals surface area (Å²) in [6, 6.07) is 0. The van der Waals surface area contributed by atoms with E-state index in [1.54, 1.807) is 12.2 Å². The number of hydrogen-bond donors (Lipinski definition) is 0. The molecule has 2 rings (SSSR count). The summed E-state index contributed by atoms with van der Waals surface area (Å²) in [7, 11) is -1.37. The molecule has 0 spiro atoms. The van der Waals surface area contributed by atoms with Gasteiger partial charge in [-0.3, -0.25) is 0 Å². The minimum atomic E-state index is -1.37. The summed E-state index contributed by atoms with van der Waals surface area (Å²) < 4.78 is 19.3. The van der Waals surface area contributed by atoms with Crippen LogP contribution in [0.5, 0.6) is 0 Å². The van der Waals surface area contributed by atoms with E-state index in [2.05, 4.69) is 9.63 Å². The quantitative estimate of drug-likeness (QED) is 0.522. The van der Waals surface area contributed by atoms with E-state index in [-0.39, 0.29) is 0 Å². The average molecular weight is 156 g/mol. The Balaban J connectivity index is 2.46. The van der Waals surface area contributed by atoms with E-state index >= 15 is 0 Å². The van der Waals surface area contributed by atoms with Crippen LogP contribution < -0.4 is 0 Å². The summed E-state index contributed by atoms with van der Waals surface area (Å²) in [6.45, 7) is 0.468. The van der Waals surface area contributed by atoms with Gasteiger partial charge < -0.3 is 4.74 Å². The van der Waals surface area contributed by atoms with Gasteiger partial charge in [-0.2, -0.15) is 0 Å². The standard InChI is InChI=1S/C5H4N2O2S/c8-10-5-4(6-7-10)2-1-3-9-5/h1-2H,3H2. The first kappa shape index (κ1) is 5.79. The lowest BCUT2D eigenvalue weighted by Crippen LogP contribution is -2.00. The molecule has 0 aromatic heterocycles. The first-order chi connectivity index (χ1) is 4.88. The Morgan fingerprint density at radius 2 is 2.60 bits per heavy atom. The van der Waals surface area contributed by atoms with E-state index in [9.17, 15) is 4.21 Å². The van der Waals surface area contributed by atoms with Crippen LogP contribution in [0.25, 0.3) is 0 Å². The van der Waals surface area contributed by atoms with Crippen LogP contribution in [0.3, 0.4) is 0 Å². The molecule has 0 aliphatic carbocycles. The lowest BCUT2D eigenvalue weighted by molar-refractivity contribution is 0.268. The van der Waals surface area contributed by atoms with Gasteiger partial charge in [0.1, 0.15) is 12.3 Å². The number of allylic oxidation sites excluding steroid dienone is 1. The first-order valence-corrected chi connectivity index (χ1v) is 3.86. The van der Waals surface area contributed by atoms with Crippen LogP contribution in [0.4, 0.5) is 0 Å². The van der Waals surface area contributed by atoms with Crippen LogP contribution in [-0.4, -0.2) is 10.8 Å². The highest BCUT2D eigenvalue weighted by Gasteiger charge is 2.21. The molecule has 0 N–H and O–H groups in total. The SMILES string of the molecule is O=S1N=NC2=C1OCC=C2. The molecule has 10 heavy (non-hydrogen) atoms. The summed E-state index contributed by atoms with van der Waals surface area (Å²) in [6.07, 6.45) is 3.56. The summed E-state index contributed by atoms with van der Waals surface area (Å²) in [4.78, 5) is 0. The van der Waals surface area contributed by atoms with E-state index < -0.39 is 11.0 Å². The van der Waals surface area contributed by atoms with E-state index in [0.29, 0.717) is 17.4 Å². The highest BCUT2D eigenvalue weighted by Crippen LogP contribution is 2.24. The molecule has 0 radical (unpaired) electrons. The fraction of sp³-hybridized carbons (Fsp3) is 0.200. The van der Waals surface area contributed by atoms with Crippen molar-refractivity contribution < 1.29 is 8.95 Å². The molecule has 0 fully saturated rings. The van der Waals surface area contributed by atoms with Crippen LogP contribution >= 0.6 is 0 Å². The van der Waals surface area contributed by atoms with E-state index in [1.165, 1.54) is 0 Å². The lowest BCUT2D eigenvalue weighted by Gasteiger charge is -2.04. The summed E-state index contributed by atoms with van der Waals surface area (Å²) >= 11 is 0. The molecule has 1 unspecified atom stereocenters. The first-order valence-electron chi connectivity index (χ1n) is 2.75. The van der Waals surface area contributed by atoms with Crippen molar-refractivity contribution >= 4 is 11.0 Å². The van der Waals surface area contributed by atoms with E-state index in [0.717, 1.165) is 0 Å². The van der Waals surface area contributed by atoms with Gasteiger partial charge in [0.05, 0.1) is 0 Å². The van der Waals surface area contributed by atoms with Crippen LogP contribution in [0.1, 0.15) is 0 Å². The monoisotopic (exact) mass is 156 g/mol. The molecule has 2 aliphatic heterocycles. The fourth-order valence-electron chi connectivity index (χ4n) is 0.758. The summed E-state index contributed by atoms with van der Waals surface area (Å²) in [5.74, 6) is 0. The third kappa shape index (κ3) is 0.706. The molecule has 0 bridgehead atoms. The van der Waals surface area contributed by atoms with E-state index in [1.807, 2.05) is 0 Å². The van der Waals surface area contributed by atoms with Gasteiger partial charge >= 0.3 is 0 Å². The van der Waals surface area contributed by atoms with Crippen molar-refractivity contribution in [1.82, 2.24) is 0 Å². The van der Waals surface area contributed by atoms with Crippen molar-refractivity contribution in [2.45, 2.75) is 0 Å². The van der Waals surface area contributed by atoms with Crippen molar-refractivity contribution in [3.8, 4) is 0 Å². The van der Waals surface area contributed by atoms with Crippen molar-refractivity contribution in [3.05, 3.63) is 22.9 Å². The maximum Gasteiger partial charge on any atom is 0.236 e. The third-order valence-electron chi connectivity index (χ3n) is 1.18. The molecule has 0 saturated heterocycles. The maximum atomic E-state index is 10.8. The van der Waals surface area contributed by atoms with Crippen LogP contribution in [0.15, 0.2) is 32.6 Å². The number of ether oxygens (including phenoxy) is 1. The minimum absolute atomic E-state index is 0.391. The average Bonchev–Trinajstić information content (AvgIpc) is 2.34. The molecule has 52 valence electrons. The minimum Gasteiger partial charge on any atom is -0.478 e. The van der Waals surface area contributed by atoms with Gasteiger partial charge in [0, 0.05) is 0 Å². The predicted octanol–water partition coefficient (Wildman–Crippen LogP) is 0.871. The Bertz CT molecular complexity index is 279. The number of rotatable bonds is 0. The predicted molar refractivity (Wildman–Crippen MR) is 35.1 cm³/mol. The largest absolute Gasteiger partial charge is 0.478 e. The van der Waals surface area contributed by atoms with E-state index in [4.69, 9.17) is 4.74 Å². The Morgan fingerprint density at radius 3 is 3.40 bits per heavy atom. The highest BCUT2D eigenvalue weighted by molar-refractivity contribution is 7.87. The van der Waals surface area contributed by atoms with Crippen molar-refractivity contribution in [3.63, 3.8) is 0 Å². The summed E-state index contributed by atoms with van der Waals surface area (Å²) in [5, 5.41) is 4.02. The molecular formula is C5H4N2O2S. The zero-order chi connectivity index (χ0) is 6.97. The molecule has 4 nitrogen and oxygen atoms in total. The zero-order valence-electron chi connectivity index (χ0n) is 4.98. The van der Waals surface area contributed by atoms with Crippen LogP contribution in [-0.2, 0) is 15.7 Å². The molecule has 1 atom stereocenters. The summed E-state index contributed by atoms with van der Waals surface area (Å²) in [5.41, 5.74) is 0.588. The normalized spacial score (nSPS) is 28.6. The topological polar surface area (TPSA) is 51.0 Å². The number of hydrogen-bond acceptors (Lipinski definition) is 3. The Morgan fingerprint density at radius 1 is 1.70 bits per heavy atom. The second-order valence-electron chi connectivity index (χ2n) is 1.82. The molecule has 0 saturated carbocycles. The Hall–Kier alpha value is -0.970. The van der Waals surface area contributed by atoms with Gasteiger partial charge in [0.15, 0.2) is 0 Å². The Kier molecular flexibility index (Phi) is 1.17. The molecule has 2 aliphatic rings. The fourth-order valence-corrected chi connectivity index (χ4v) is 1.45. The molecule has 0 aromatic carbocycles. The van der Waals surface area contributed by atoms with Gasteiger partial charge in [-0.1, -0.05) is 4.52 Å². The van der Waals surface area contributed by atoms with Gasteiger partial charge in [-0.05, 0) is 12.2 Å². The van der Waals surface area contributed by atoms with Crippen LogP contribution in [0.2, 0.25) is 0 Å². The van der Waals surface area contributed by atoms with Crippen molar-refractivity contribution in [2.24, 2.45) is 9.63 Å². The zero-order valence-corrected chi connectivity index (χ0v) is 5.80. The molecule has 5 heteroatoms. The highest BCUT2D eigenvalue weighted by atomic mass is 32.2. The van der Waals surface area contributed by atoms with Crippen molar-refractivity contribution in [2.75, 3.05) is 6.61 Å². The molecular weight excluding hydrogens is 152 g/mol. The van der Waals surface area contributed by atoms with Crippen LogP contribution in [0, 0.1) is 0 Å². The molecule has 0 amide bonds. The van der Waals surface area contributed by atoms with Crippen molar-refractivity contribution in [1.29, 1.82) is 0 Å².